The first-order valence-electron chi connectivity index (χ1n) is 7.39. The molecule has 0 unspecified atom stereocenters. The lowest BCUT2D eigenvalue weighted by molar-refractivity contribution is 0.119. The van der Waals surface area contributed by atoms with Gasteiger partial charge in [-0.1, -0.05) is 19.3 Å². The Hall–Kier alpha value is -0.750. The van der Waals surface area contributed by atoms with Crippen molar-refractivity contribution in [2.75, 3.05) is 12.4 Å². The summed E-state index contributed by atoms with van der Waals surface area (Å²) >= 11 is 0. The first-order chi connectivity index (χ1) is 9.80. The van der Waals surface area contributed by atoms with Gasteiger partial charge in [0.25, 0.3) is 0 Å². The predicted octanol–water partition coefficient (Wildman–Crippen LogP) is 3.36. The normalized spacial score (nSPS) is 18.9. The van der Waals surface area contributed by atoms with Crippen molar-refractivity contribution < 1.29 is 13.2 Å². The second-order valence-electron chi connectivity index (χ2n) is 6.28. The van der Waals surface area contributed by atoms with E-state index in [0.717, 1.165) is 32.1 Å². The number of hydrogen-bond donors (Lipinski definition) is 0. The van der Waals surface area contributed by atoms with Crippen LogP contribution in [0.5, 0.6) is 5.75 Å². The Morgan fingerprint density at radius 2 is 2.05 bits per heavy atom. The number of aromatic nitrogens is 2. The Bertz CT molecular complexity index is 563. The van der Waals surface area contributed by atoms with Crippen molar-refractivity contribution in [3.8, 4) is 5.75 Å². The molecule has 0 aliphatic heterocycles. The summed E-state index contributed by atoms with van der Waals surface area (Å²) in [4.78, 5) is 0. The Morgan fingerprint density at radius 1 is 1.38 bits per heavy atom. The molecule has 0 amide bonds. The molecule has 7 heteroatoms. The predicted molar refractivity (Wildman–Crippen MR) is 83.3 cm³/mol. The zero-order valence-corrected chi connectivity index (χ0v) is 14.2. The quantitative estimate of drug-likeness (QED) is 0.748. The highest BCUT2D eigenvalue weighted by Gasteiger charge is 2.37. The van der Waals surface area contributed by atoms with E-state index in [0.29, 0.717) is 12.4 Å². The summed E-state index contributed by atoms with van der Waals surface area (Å²) in [6.45, 7) is 4.46. The molecule has 1 aromatic heterocycles. The van der Waals surface area contributed by atoms with Gasteiger partial charge in [-0.2, -0.15) is 5.10 Å². The first-order valence-corrected chi connectivity index (χ1v) is 9.87. The molecule has 2 rings (SSSR count). The van der Waals surface area contributed by atoms with E-state index in [1.54, 1.807) is 6.20 Å². The van der Waals surface area contributed by atoms with Crippen LogP contribution >= 0.6 is 10.7 Å². The molecule has 1 aliphatic carbocycles. The minimum absolute atomic E-state index is 0.0140. The fourth-order valence-electron chi connectivity index (χ4n) is 2.91. The minimum atomic E-state index is -3.52. The van der Waals surface area contributed by atoms with Gasteiger partial charge in [-0.3, -0.25) is 4.68 Å². The van der Waals surface area contributed by atoms with E-state index < -0.39 is 9.05 Å². The van der Waals surface area contributed by atoms with E-state index in [1.807, 2.05) is 24.7 Å². The molecule has 21 heavy (non-hydrogen) atoms. The molecule has 0 saturated heterocycles. The van der Waals surface area contributed by atoms with Crippen molar-refractivity contribution in [2.24, 2.45) is 5.41 Å². The molecule has 1 saturated carbocycles. The van der Waals surface area contributed by atoms with E-state index in [-0.39, 0.29) is 17.2 Å². The average Bonchev–Trinajstić information content (AvgIpc) is 2.84. The van der Waals surface area contributed by atoms with Gasteiger partial charge in [0.2, 0.25) is 9.05 Å². The summed E-state index contributed by atoms with van der Waals surface area (Å²) in [5.74, 6) is 0.667. The van der Waals surface area contributed by atoms with Gasteiger partial charge < -0.3 is 4.74 Å². The van der Waals surface area contributed by atoms with Crippen molar-refractivity contribution in [3.63, 3.8) is 0 Å². The molecule has 0 spiro atoms. The van der Waals surface area contributed by atoms with Gasteiger partial charge in [0.15, 0.2) is 5.75 Å². The van der Waals surface area contributed by atoms with Crippen LogP contribution in [-0.2, 0) is 9.05 Å². The van der Waals surface area contributed by atoms with E-state index in [1.165, 1.54) is 0 Å². The van der Waals surface area contributed by atoms with Crippen LogP contribution in [0.25, 0.3) is 0 Å². The minimum Gasteiger partial charge on any atom is -0.490 e. The lowest BCUT2D eigenvalue weighted by Gasteiger charge is -2.35. The number of halogens is 1. The van der Waals surface area contributed by atoms with Crippen LogP contribution < -0.4 is 4.74 Å². The van der Waals surface area contributed by atoms with Gasteiger partial charge in [0.05, 0.1) is 24.8 Å². The molecule has 120 valence electrons. The van der Waals surface area contributed by atoms with Crippen LogP contribution in [0.4, 0.5) is 0 Å². The van der Waals surface area contributed by atoms with E-state index in [2.05, 4.69) is 5.10 Å². The maximum atomic E-state index is 11.5. The maximum Gasteiger partial charge on any atom is 0.233 e. The highest BCUT2D eigenvalue weighted by molar-refractivity contribution is 8.13. The van der Waals surface area contributed by atoms with Crippen LogP contribution in [0.15, 0.2) is 12.4 Å². The van der Waals surface area contributed by atoms with Gasteiger partial charge in [-0.25, -0.2) is 8.42 Å². The molecular weight excluding hydrogens is 312 g/mol. The lowest BCUT2D eigenvalue weighted by Crippen LogP contribution is -2.36. The molecule has 1 heterocycles. The molecule has 0 bridgehead atoms. The smallest absolute Gasteiger partial charge is 0.233 e. The summed E-state index contributed by atoms with van der Waals surface area (Å²) in [6.07, 6.45) is 8.41. The molecule has 0 atom stereocenters. The monoisotopic (exact) mass is 334 g/mol. The van der Waals surface area contributed by atoms with E-state index >= 15 is 0 Å². The van der Waals surface area contributed by atoms with Crippen molar-refractivity contribution >= 4 is 19.7 Å². The molecular formula is C14H23ClN2O3S. The van der Waals surface area contributed by atoms with Crippen LogP contribution in [-0.4, -0.2) is 30.6 Å². The Kier molecular flexibility index (Phi) is 5.20. The summed E-state index contributed by atoms with van der Waals surface area (Å²) in [5, 5.41) is 4.22. The van der Waals surface area contributed by atoms with Gasteiger partial charge in [-0.05, 0) is 26.7 Å². The van der Waals surface area contributed by atoms with Crippen molar-refractivity contribution in [2.45, 2.75) is 52.0 Å². The number of ether oxygens (including phenoxy) is 1. The SMILES string of the molecule is CC(C)n1cc(OCC2(CS(=O)(=O)Cl)CCCCC2)cn1. The van der Waals surface area contributed by atoms with Gasteiger partial charge in [-0.15, -0.1) is 0 Å². The Morgan fingerprint density at radius 3 is 2.57 bits per heavy atom. The fourth-order valence-corrected chi connectivity index (χ4v) is 4.71. The summed E-state index contributed by atoms with van der Waals surface area (Å²) in [5.41, 5.74) is -0.362. The molecule has 1 aromatic rings. The second-order valence-corrected chi connectivity index (χ2v) is 9.06. The van der Waals surface area contributed by atoms with Gasteiger partial charge in [0, 0.05) is 22.1 Å². The molecule has 0 aromatic carbocycles. The molecule has 0 N–H and O–H groups in total. The number of rotatable bonds is 6. The summed E-state index contributed by atoms with van der Waals surface area (Å²) < 4.78 is 30.6. The average molecular weight is 335 g/mol. The van der Waals surface area contributed by atoms with E-state index in [9.17, 15) is 8.42 Å². The maximum absolute atomic E-state index is 11.5. The second kappa shape index (κ2) is 6.57. The molecule has 0 radical (unpaired) electrons. The fraction of sp³-hybridized carbons (Fsp3) is 0.786. The highest BCUT2D eigenvalue weighted by atomic mass is 35.7. The third-order valence-electron chi connectivity index (χ3n) is 4.04. The van der Waals surface area contributed by atoms with Crippen LogP contribution in [0.1, 0.15) is 52.0 Å². The van der Waals surface area contributed by atoms with Gasteiger partial charge >= 0.3 is 0 Å². The van der Waals surface area contributed by atoms with Crippen LogP contribution in [0, 0.1) is 5.41 Å². The Labute approximate surface area is 131 Å². The van der Waals surface area contributed by atoms with E-state index in [4.69, 9.17) is 15.4 Å². The van der Waals surface area contributed by atoms with Crippen molar-refractivity contribution in [3.05, 3.63) is 12.4 Å². The third-order valence-corrected chi connectivity index (χ3v) is 5.33. The largest absolute Gasteiger partial charge is 0.490 e. The van der Waals surface area contributed by atoms with Crippen molar-refractivity contribution in [1.29, 1.82) is 0 Å². The first kappa shape index (κ1) is 16.6. The van der Waals surface area contributed by atoms with Crippen LogP contribution in [0.3, 0.4) is 0 Å². The standard InChI is InChI=1S/C14H23ClN2O3S/c1-12(2)17-9-13(8-16-17)20-10-14(11-21(15,18)19)6-4-3-5-7-14/h8-9,12H,3-7,10-11H2,1-2H3. The molecule has 5 nitrogen and oxygen atoms in total. The summed E-state index contributed by atoms with van der Waals surface area (Å²) in [6, 6.07) is 0.272. The lowest BCUT2D eigenvalue weighted by atomic mass is 9.76. The number of hydrogen-bond acceptors (Lipinski definition) is 4. The zero-order chi connectivity index (χ0) is 15.5. The zero-order valence-electron chi connectivity index (χ0n) is 12.6. The van der Waals surface area contributed by atoms with Crippen molar-refractivity contribution in [1.82, 2.24) is 9.78 Å². The topological polar surface area (TPSA) is 61.2 Å². The summed E-state index contributed by atoms with van der Waals surface area (Å²) in [7, 11) is 1.96. The number of nitrogens with zero attached hydrogens (tertiary/aromatic N) is 2. The Balaban J connectivity index is 2.04. The molecule has 1 fully saturated rings. The third kappa shape index (κ3) is 4.88. The van der Waals surface area contributed by atoms with Gasteiger partial charge in [0.1, 0.15) is 0 Å². The van der Waals surface area contributed by atoms with Crippen LogP contribution in [0.2, 0.25) is 0 Å². The highest BCUT2D eigenvalue weighted by Crippen LogP contribution is 2.38. The molecule has 1 aliphatic rings.